The summed E-state index contributed by atoms with van der Waals surface area (Å²) in [7, 11) is 0. The minimum absolute atomic E-state index is 0.581. The van der Waals surface area contributed by atoms with Gasteiger partial charge in [0.1, 0.15) is 0 Å². The van der Waals surface area contributed by atoms with Crippen LogP contribution in [-0.4, -0.2) is 10.1 Å². The van der Waals surface area contributed by atoms with Gasteiger partial charge in [0.25, 0.3) is 0 Å². The molecule has 1 aliphatic carbocycles. The topological polar surface area (TPSA) is 38.9 Å². The molecule has 1 aliphatic rings. The molecule has 1 aromatic rings. The van der Waals surface area contributed by atoms with E-state index in [1.165, 1.54) is 12.8 Å². The number of rotatable bonds is 3. The molecular formula is C9H12N2O. The maximum absolute atomic E-state index is 5.02. The van der Waals surface area contributed by atoms with E-state index in [0.717, 1.165) is 12.2 Å². The molecule has 2 rings (SSSR count). The lowest BCUT2D eigenvalue weighted by Gasteiger charge is -1.79. The molecule has 0 aliphatic heterocycles. The van der Waals surface area contributed by atoms with Crippen LogP contribution in [0.2, 0.25) is 0 Å². The van der Waals surface area contributed by atoms with Crippen molar-refractivity contribution >= 4 is 6.08 Å². The van der Waals surface area contributed by atoms with Crippen molar-refractivity contribution in [2.24, 2.45) is 0 Å². The zero-order valence-electron chi connectivity index (χ0n) is 7.16. The van der Waals surface area contributed by atoms with Crippen molar-refractivity contribution in [1.29, 1.82) is 0 Å². The van der Waals surface area contributed by atoms with Crippen LogP contribution in [0.3, 0.4) is 0 Å². The van der Waals surface area contributed by atoms with Crippen molar-refractivity contribution in [2.75, 3.05) is 0 Å². The molecule has 1 aromatic heterocycles. The predicted molar refractivity (Wildman–Crippen MR) is 45.6 cm³/mol. The number of hydrogen-bond donors (Lipinski definition) is 0. The van der Waals surface area contributed by atoms with Gasteiger partial charge in [0.2, 0.25) is 5.89 Å². The molecule has 0 N–H and O–H groups in total. The summed E-state index contributed by atoms with van der Waals surface area (Å²) in [5, 5.41) is 3.89. The Morgan fingerprint density at radius 2 is 2.42 bits per heavy atom. The highest BCUT2D eigenvalue weighted by atomic mass is 16.5. The minimum Gasteiger partial charge on any atom is -0.335 e. The normalized spacial score (nSPS) is 17.4. The highest BCUT2D eigenvalue weighted by Gasteiger charge is 2.28. The van der Waals surface area contributed by atoms with Crippen LogP contribution >= 0.6 is 0 Å². The largest absolute Gasteiger partial charge is 0.335 e. The Kier molecular flexibility index (Phi) is 1.94. The maximum atomic E-state index is 5.02. The highest BCUT2D eigenvalue weighted by molar-refractivity contribution is 5.37. The Bertz CT molecular complexity index is 286. The first-order valence-electron chi connectivity index (χ1n) is 4.40. The lowest BCUT2D eigenvalue weighted by molar-refractivity contribution is 0.403. The molecule has 1 heterocycles. The molecule has 0 atom stereocenters. The van der Waals surface area contributed by atoms with Gasteiger partial charge in [0.05, 0.1) is 0 Å². The van der Waals surface area contributed by atoms with Gasteiger partial charge in [-0.2, -0.15) is 4.98 Å². The molecule has 0 unspecified atom stereocenters. The summed E-state index contributed by atoms with van der Waals surface area (Å²) in [6.45, 7) is 2.08. The predicted octanol–water partition coefficient (Wildman–Crippen LogP) is 2.37. The Labute approximate surface area is 71.5 Å². The van der Waals surface area contributed by atoms with Crippen LogP contribution in [0.25, 0.3) is 6.08 Å². The van der Waals surface area contributed by atoms with Gasteiger partial charge in [-0.05, 0) is 25.3 Å². The molecule has 64 valence electrons. The van der Waals surface area contributed by atoms with Gasteiger partial charge in [-0.3, -0.25) is 0 Å². The summed E-state index contributed by atoms with van der Waals surface area (Å²) >= 11 is 0. The van der Waals surface area contributed by atoms with E-state index in [1.54, 1.807) is 0 Å². The summed E-state index contributed by atoms with van der Waals surface area (Å²) in [4.78, 5) is 4.25. The average molecular weight is 164 g/mol. The second-order valence-electron chi connectivity index (χ2n) is 3.08. The van der Waals surface area contributed by atoms with Crippen molar-refractivity contribution < 1.29 is 4.52 Å². The van der Waals surface area contributed by atoms with E-state index in [1.807, 2.05) is 12.2 Å². The number of nitrogens with zero attached hydrogens (tertiary/aromatic N) is 2. The van der Waals surface area contributed by atoms with Crippen molar-refractivity contribution in [3.63, 3.8) is 0 Å². The molecule has 0 aromatic carbocycles. The van der Waals surface area contributed by atoms with E-state index >= 15 is 0 Å². The fourth-order valence-electron chi connectivity index (χ4n) is 1.04. The third-order valence-electron chi connectivity index (χ3n) is 1.90. The fraction of sp³-hybridized carbons (Fsp3) is 0.556. The summed E-state index contributed by atoms with van der Waals surface area (Å²) in [5.74, 6) is 2.10. The van der Waals surface area contributed by atoms with Crippen LogP contribution in [0, 0.1) is 0 Å². The standard InChI is InChI=1S/C9H12N2O/c1-2-3-4-8-10-9(11-12-8)7-5-6-7/h3-4,7H,2,5-6H2,1H3/b4-3+. The van der Waals surface area contributed by atoms with Gasteiger partial charge in [0.15, 0.2) is 5.82 Å². The lowest BCUT2D eigenvalue weighted by atomic mass is 10.4. The summed E-state index contributed by atoms with van der Waals surface area (Å²) < 4.78 is 5.02. The van der Waals surface area contributed by atoms with E-state index in [9.17, 15) is 0 Å². The van der Waals surface area contributed by atoms with E-state index in [0.29, 0.717) is 11.8 Å². The summed E-state index contributed by atoms with van der Waals surface area (Å²) in [6.07, 6.45) is 7.33. The zero-order chi connectivity index (χ0) is 8.39. The van der Waals surface area contributed by atoms with Gasteiger partial charge >= 0.3 is 0 Å². The zero-order valence-corrected chi connectivity index (χ0v) is 7.16. The second-order valence-corrected chi connectivity index (χ2v) is 3.08. The smallest absolute Gasteiger partial charge is 0.250 e. The number of allylic oxidation sites excluding steroid dienone is 1. The molecule has 12 heavy (non-hydrogen) atoms. The third-order valence-corrected chi connectivity index (χ3v) is 1.90. The number of hydrogen-bond acceptors (Lipinski definition) is 3. The van der Waals surface area contributed by atoms with Gasteiger partial charge in [-0.1, -0.05) is 18.2 Å². The van der Waals surface area contributed by atoms with Crippen molar-refractivity contribution in [3.8, 4) is 0 Å². The molecule has 0 amide bonds. The Morgan fingerprint density at radius 3 is 3.08 bits per heavy atom. The van der Waals surface area contributed by atoms with Crippen LogP contribution in [0.4, 0.5) is 0 Å². The minimum atomic E-state index is 0.581. The molecule has 0 bridgehead atoms. The summed E-state index contributed by atoms with van der Waals surface area (Å²) in [6, 6.07) is 0. The van der Waals surface area contributed by atoms with Crippen molar-refractivity contribution in [2.45, 2.75) is 32.1 Å². The first-order valence-corrected chi connectivity index (χ1v) is 4.40. The molecule has 3 heteroatoms. The summed E-state index contributed by atoms with van der Waals surface area (Å²) in [5.41, 5.74) is 0. The quantitative estimate of drug-likeness (QED) is 0.688. The first kappa shape index (κ1) is 7.53. The van der Waals surface area contributed by atoms with Gasteiger partial charge in [0, 0.05) is 5.92 Å². The van der Waals surface area contributed by atoms with Crippen LogP contribution in [-0.2, 0) is 0 Å². The Morgan fingerprint density at radius 1 is 1.58 bits per heavy atom. The highest BCUT2D eigenvalue weighted by Crippen LogP contribution is 2.38. The van der Waals surface area contributed by atoms with Crippen LogP contribution < -0.4 is 0 Å². The van der Waals surface area contributed by atoms with Crippen LogP contribution in [0.15, 0.2) is 10.6 Å². The monoisotopic (exact) mass is 164 g/mol. The van der Waals surface area contributed by atoms with Crippen LogP contribution in [0.5, 0.6) is 0 Å². The van der Waals surface area contributed by atoms with Gasteiger partial charge in [-0.15, -0.1) is 0 Å². The van der Waals surface area contributed by atoms with E-state index in [2.05, 4.69) is 17.1 Å². The van der Waals surface area contributed by atoms with Crippen molar-refractivity contribution in [3.05, 3.63) is 17.8 Å². The third kappa shape index (κ3) is 1.55. The van der Waals surface area contributed by atoms with Gasteiger partial charge < -0.3 is 4.52 Å². The molecule has 0 saturated heterocycles. The first-order chi connectivity index (χ1) is 5.90. The number of aromatic nitrogens is 2. The molecule has 0 spiro atoms. The Balaban J connectivity index is 2.07. The van der Waals surface area contributed by atoms with E-state index in [4.69, 9.17) is 4.52 Å². The second kappa shape index (κ2) is 3.09. The average Bonchev–Trinajstić information content (AvgIpc) is 2.83. The van der Waals surface area contributed by atoms with Crippen molar-refractivity contribution in [1.82, 2.24) is 10.1 Å². The molecule has 1 saturated carbocycles. The molecule has 0 radical (unpaired) electrons. The lowest BCUT2D eigenvalue weighted by Crippen LogP contribution is -1.80. The fourth-order valence-corrected chi connectivity index (χ4v) is 1.04. The van der Waals surface area contributed by atoms with E-state index in [-0.39, 0.29) is 0 Å². The Hall–Kier alpha value is -1.12. The molecular weight excluding hydrogens is 152 g/mol. The van der Waals surface area contributed by atoms with Crippen LogP contribution in [0.1, 0.15) is 43.8 Å². The molecule has 1 fully saturated rings. The SMILES string of the molecule is CC/C=C/c1nc(C2CC2)no1. The maximum Gasteiger partial charge on any atom is 0.250 e. The molecule has 3 nitrogen and oxygen atoms in total. The van der Waals surface area contributed by atoms with E-state index < -0.39 is 0 Å². The van der Waals surface area contributed by atoms with Gasteiger partial charge in [-0.25, -0.2) is 0 Å².